The van der Waals surface area contributed by atoms with E-state index in [9.17, 15) is 9.59 Å². The van der Waals surface area contributed by atoms with Crippen molar-refractivity contribution in [2.24, 2.45) is 0 Å². The molecule has 4 nitrogen and oxygen atoms in total. The fraction of sp³-hybridized carbons (Fsp3) is 0.333. The third-order valence-electron chi connectivity index (χ3n) is 1.84. The van der Waals surface area contributed by atoms with Crippen molar-refractivity contribution >= 4 is 11.9 Å². The van der Waals surface area contributed by atoms with Gasteiger partial charge in [0.1, 0.15) is 0 Å². The Hall–Kier alpha value is -1.84. The molecule has 4 heteroatoms. The maximum atomic E-state index is 11.8. The summed E-state index contributed by atoms with van der Waals surface area (Å²) >= 11 is 0. The van der Waals surface area contributed by atoms with Crippen molar-refractivity contribution in [2.45, 2.75) is 19.8 Å². The normalized spacial score (nSPS) is 13.3. The van der Waals surface area contributed by atoms with Crippen molar-refractivity contribution in [3.05, 3.63) is 35.3 Å². The molecule has 0 radical (unpaired) electrons. The van der Waals surface area contributed by atoms with Gasteiger partial charge in [0.25, 0.3) is 0 Å². The molecule has 0 spiro atoms. The van der Waals surface area contributed by atoms with Crippen molar-refractivity contribution in [1.82, 2.24) is 0 Å². The zero-order valence-corrected chi connectivity index (χ0v) is 8.79. The Morgan fingerprint density at radius 2 is 2.00 bits per heavy atom. The van der Waals surface area contributed by atoms with Crippen LogP contribution in [0.5, 0.6) is 0 Å². The van der Waals surface area contributed by atoms with E-state index in [0.29, 0.717) is 6.42 Å². The van der Waals surface area contributed by atoms with E-state index in [2.05, 4.69) is 0 Å². The molecule has 1 N–H and O–H groups in total. The maximum absolute atomic E-state index is 11.8. The quantitative estimate of drug-likeness (QED) is 0.625. The molecule has 0 saturated carbocycles. The Bertz CT molecular complexity index is 557. The van der Waals surface area contributed by atoms with Gasteiger partial charge in [-0.15, -0.1) is 0 Å². The molecule has 0 aliphatic rings. The van der Waals surface area contributed by atoms with Gasteiger partial charge in [-0.25, -0.2) is 9.59 Å². The van der Waals surface area contributed by atoms with Crippen molar-refractivity contribution in [1.29, 1.82) is 0 Å². The van der Waals surface area contributed by atoms with E-state index in [1.807, 2.05) is 6.92 Å². The molecule has 0 heterocycles. The number of benzene rings is 1. The number of carbonyl (C=O) groups excluding carboxylic acids is 1. The van der Waals surface area contributed by atoms with Crippen LogP contribution in [0, 0.1) is 0 Å². The highest BCUT2D eigenvalue weighted by Crippen LogP contribution is 2.10. The Balaban J connectivity index is 3.37. The van der Waals surface area contributed by atoms with E-state index in [-0.39, 0.29) is 6.61 Å². The minimum atomic E-state index is -1.60. The van der Waals surface area contributed by atoms with E-state index < -0.39 is 47.2 Å². The van der Waals surface area contributed by atoms with Crippen LogP contribution in [0.2, 0.25) is 0 Å². The highest BCUT2D eigenvalue weighted by molar-refractivity contribution is 6.02. The number of rotatable bonds is 5. The number of carbonyl (C=O) groups is 2. The summed E-state index contributed by atoms with van der Waals surface area (Å²) in [7, 11) is 0. The second kappa shape index (κ2) is 5.90. The van der Waals surface area contributed by atoms with Gasteiger partial charge >= 0.3 is 11.9 Å². The first kappa shape index (κ1) is 7.44. The lowest BCUT2D eigenvalue weighted by atomic mass is 10.4. The molecule has 0 fully saturated rings. The van der Waals surface area contributed by atoms with Crippen molar-refractivity contribution in [3.8, 4) is 0 Å². The van der Waals surface area contributed by atoms with Crippen molar-refractivity contribution in [3.63, 3.8) is 0 Å². The standard InChI is InChI=1S/C12H14O4/c1-2-3-8-16-12(15)10-7-5-4-6-9(10)11(13)14/h4-7H,2-3,8H2,1H3,(H,13,14)/i4+1D,5+1D,6+1D,7+1D,9+1,10+1. The van der Waals surface area contributed by atoms with Gasteiger partial charge < -0.3 is 9.84 Å². The Morgan fingerprint density at radius 1 is 1.38 bits per heavy atom. The van der Waals surface area contributed by atoms with E-state index in [1.54, 1.807) is 0 Å². The molecular formula is C12H14O4. The van der Waals surface area contributed by atoms with E-state index in [4.69, 9.17) is 15.3 Å². The van der Waals surface area contributed by atoms with E-state index in [0.717, 1.165) is 6.42 Å². The zero-order valence-electron chi connectivity index (χ0n) is 12.8. The summed E-state index contributed by atoms with van der Waals surface area (Å²) in [5, 5.41) is 9.05. The van der Waals surface area contributed by atoms with Crippen LogP contribution < -0.4 is 0 Å². The highest BCUT2D eigenvalue weighted by atomic mass is 16.5. The largest absolute Gasteiger partial charge is 0.478 e. The number of carboxylic acid groups (broad SMARTS) is 1. The predicted octanol–water partition coefficient (Wildman–Crippen LogP) is 2.34. The summed E-state index contributed by atoms with van der Waals surface area (Å²) in [5.74, 6) is -2.65. The molecule has 16 heavy (non-hydrogen) atoms. The van der Waals surface area contributed by atoms with Gasteiger partial charge in [0.15, 0.2) is 0 Å². The van der Waals surface area contributed by atoms with Gasteiger partial charge in [-0.2, -0.15) is 0 Å². The lowest BCUT2D eigenvalue weighted by Crippen LogP contribution is -2.12. The van der Waals surface area contributed by atoms with Crippen molar-refractivity contribution < 1.29 is 24.9 Å². The lowest BCUT2D eigenvalue weighted by molar-refractivity contribution is 0.0489. The summed E-state index contributed by atoms with van der Waals surface area (Å²) < 4.78 is 34.9. The first-order valence-electron chi connectivity index (χ1n) is 6.83. The lowest BCUT2D eigenvalue weighted by Gasteiger charge is -2.06. The highest BCUT2D eigenvalue weighted by Gasteiger charge is 2.16. The molecule has 0 atom stereocenters. The second-order valence-electron chi connectivity index (χ2n) is 3.04. The molecule has 0 unspecified atom stereocenters. The molecular weight excluding hydrogens is 214 g/mol. The van der Waals surface area contributed by atoms with Gasteiger partial charge in [-0.3, -0.25) is 0 Å². The average Bonchev–Trinajstić information content (AvgIpc) is 2.39. The molecule has 1 aromatic rings. The minimum absolute atomic E-state index is 0.0666. The van der Waals surface area contributed by atoms with Gasteiger partial charge in [-0.05, 0) is 18.5 Å². The first-order valence-corrected chi connectivity index (χ1v) is 4.83. The van der Waals surface area contributed by atoms with E-state index >= 15 is 0 Å². The Morgan fingerprint density at radius 3 is 2.56 bits per heavy atom. The van der Waals surface area contributed by atoms with Gasteiger partial charge in [0.2, 0.25) is 0 Å². The third-order valence-corrected chi connectivity index (χ3v) is 1.84. The molecule has 1 rings (SSSR count). The molecule has 0 aromatic heterocycles. The monoisotopic (exact) mass is 232 g/mol. The second-order valence-corrected chi connectivity index (χ2v) is 3.04. The Kier molecular flexibility index (Phi) is 2.74. The number of carboxylic acids is 1. The molecule has 0 aliphatic heterocycles. The topological polar surface area (TPSA) is 63.6 Å². The smallest absolute Gasteiger partial charge is 0.339 e. The zero-order chi connectivity index (χ0) is 15.4. The van der Waals surface area contributed by atoms with Crippen molar-refractivity contribution in [2.75, 3.05) is 6.61 Å². The van der Waals surface area contributed by atoms with Crippen LogP contribution in [0.4, 0.5) is 0 Å². The summed E-state index contributed by atoms with van der Waals surface area (Å²) in [6, 6.07) is -2.83. The number of aromatic carboxylic acids is 1. The van der Waals surface area contributed by atoms with Crippen LogP contribution in [0.1, 0.15) is 46.0 Å². The molecule has 0 bridgehead atoms. The predicted molar refractivity (Wildman–Crippen MR) is 58.6 cm³/mol. The fourth-order valence-corrected chi connectivity index (χ4v) is 1.01. The summed E-state index contributed by atoms with van der Waals surface area (Å²) in [6.07, 6.45) is 1.35. The number of unbranched alkanes of at least 4 members (excludes halogenated alkanes) is 1. The number of ether oxygens (including phenoxy) is 1. The number of hydrogen-bond acceptors (Lipinski definition) is 3. The third kappa shape index (κ3) is 3.08. The Labute approximate surface area is 99.5 Å². The summed E-state index contributed by atoms with van der Waals surface area (Å²) in [4.78, 5) is 23.0. The van der Waals surface area contributed by atoms with Crippen LogP contribution in [0.3, 0.4) is 0 Å². The molecule has 1 aromatic carbocycles. The van der Waals surface area contributed by atoms with Crippen LogP contribution in [0.25, 0.3) is 0 Å². The van der Waals surface area contributed by atoms with Crippen LogP contribution in [-0.2, 0) is 4.74 Å². The molecule has 86 valence electrons. The van der Waals surface area contributed by atoms with Gasteiger partial charge in [0, 0.05) is 0 Å². The van der Waals surface area contributed by atoms with Crippen LogP contribution in [0.15, 0.2) is 24.2 Å². The first-order chi connectivity index (χ1) is 9.32. The fourth-order valence-electron chi connectivity index (χ4n) is 1.01. The minimum Gasteiger partial charge on any atom is -0.478 e. The molecule has 0 aliphatic carbocycles. The number of hydrogen-bond donors (Lipinski definition) is 1. The molecule has 0 amide bonds. The van der Waals surface area contributed by atoms with Crippen LogP contribution >= 0.6 is 0 Å². The molecule has 0 saturated heterocycles. The summed E-state index contributed by atoms with van der Waals surface area (Å²) in [6.45, 7) is 1.95. The maximum Gasteiger partial charge on any atom is 0.339 e. The number of esters is 1. The van der Waals surface area contributed by atoms with E-state index in [1.165, 1.54) is 0 Å². The van der Waals surface area contributed by atoms with Gasteiger partial charge in [0.05, 0.1) is 23.2 Å². The average molecular weight is 232 g/mol. The summed E-state index contributed by atoms with van der Waals surface area (Å²) in [5.41, 5.74) is -1.41. The SMILES string of the molecule is [2H][13c]1[13c]([2H])[13c]([2H])[13c](C(=O)OCCCC)[13c](C(=O)O)[13c]1[2H]. The van der Waals surface area contributed by atoms with Crippen LogP contribution in [-0.4, -0.2) is 23.7 Å². The van der Waals surface area contributed by atoms with Gasteiger partial charge in [-0.1, -0.05) is 25.4 Å².